The summed E-state index contributed by atoms with van der Waals surface area (Å²) in [7, 11) is -3.94. The number of amides is 2. The van der Waals surface area contributed by atoms with E-state index in [1.165, 1.54) is 0 Å². The Morgan fingerprint density at radius 1 is 1.25 bits per heavy atom. The van der Waals surface area contributed by atoms with Crippen LogP contribution in [0.2, 0.25) is 0 Å². The Morgan fingerprint density at radius 3 is 1.62 bits per heavy atom. The summed E-state index contributed by atoms with van der Waals surface area (Å²) in [6.07, 6.45) is 0. The first-order chi connectivity index (χ1) is 7.18. The molecule has 1 aliphatic rings. The Labute approximate surface area is 93.6 Å². The van der Waals surface area contributed by atoms with E-state index in [2.05, 4.69) is 5.32 Å². The van der Waals surface area contributed by atoms with Crippen LogP contribution in [0.4, 0.5) is 4.79 Å². The van der Waals surface area contributed by atoms with E-state index in [0.717, 1.165) is 6.54 Å². The smallest absolute Gasteiger partial charge is 0.336 e. The van der Waals surface area contributed by atoms with Gasteiger partial charge in [0.15, 0.2) is 0 Å². The number of carbonyl (C=O) groups is 1. The molecule has 1 fully saturated rings. The molecule has 0 bridgehead atoms. The third kappa shape index (κ3) is 13.3. The van der Waals surface area contributed by atoms with Gasteiger partial charge in [0.1, 0.15) is 0 Å². The van der Waals surface area contributed by atoms with Crippen LogP contribution in [0.15, 0.2) is 0 Å². The van der Waals surface area contributed by atoms with Crippen LogP contribution in [-0.4, -0.2) is 50.1 Å². The summed E-state index contributed by atoms with van der Waals surface area (Å²) in [5.41, 5.74) is 0. The van der Waals surface area contributed by atoms with Gasteiger partial charge in [0.2, 0.25) is 0 Å². The van der Waals surface area contributed by atoms with Gasteiger partial charge >= 0.3 is 22.5 Å². The molecule has 1 atom stereocenters. The second-order valence-corrected chi connectivity index (χ2v) is 3.66. The molecule has 1 aliphatic heterocycles. The fourth-order valence-electron chi connectivity index (χ4n) is 0.697. The number of hydrogen-bond acceptors (Lipinski definition) is 3. The number of rotatable bonds is 0. The van der Waals surface area contributed by atoms with Gasteiger partial charge in [-0.3, -0.25) is 0 Å². The van der Waals surface area contributed by atoms with Crippen LogP contribution in [0.3, 0.4) is 0 Å². The summed E-state index contributed by atoms with van der Waals surface area (Å²) in [4.78, 5) is 40.8. The molecule has 16 heavy (non-hydrogen) atoms. The van der Waals surface area contributed by atoms with Crippen LogP contribution in [0.25, 0.3) is 0 Å². The number of hydrogen-bond donors (Lipinski definition) is 5. The standard InChI is InChI=1S/C5H10N2O.2HO3P/c1-4-3-6-5(8)7(4)2;2*1-4(2)3/h4H,3H2,1-2H3,(H,6,8);2*(H-,1,2,3)/p+2. The summed E-state index contributed by atoms with van der Waals surface area (Å²) in [5, 5.41) is 2.71. The molecule has 94 valence electrons. The van der Waals surface area contributed by atoms with E-state index in [0.29, 0.717) is 6.04 Å². The molecule has 9 nitrogen and oxygen atoms in total. The number of nitrogens with zero attached hydrogens (tertiary/aromatic N) is 1. The topological polar surface area (TPSA) is 147 Å². The first kappa shape index (κ1) is 17.7. The lowest BCUT2D eigenvalue weighted by molar-refractivity contribution is 0.218. The summed E-state index contributed by atoms with van der Waals surface area (Å²) >= 11 is 0. The van der Waals surface area contributed by atoms with Gasteiger partial charge in [0.25, 0.3) is 0 Å². The van der Waals surface area contributed by atoms with Gasteiger partial charge in [0, 0.05) is 28.8 Å². The van der Waals surface area contributed by atoms with Crippen molar-refractivity contribution in [3.63, 3.8) is 0 Å². The minimum absolute atomic E-state index is 0.0394. The largest absolute Gasteiger partial charge is 0.692 e. The lowest BCUT2D eigenvalue weighted by atomic mass is 10.3. The second kappa shape index (κ2) is 9.53. The zero-order valence-corrected chi connectivity index (χ0v) is 10.4. The Balaban J connectivity index is 0. The molecule has 5 N–H and O–H groups in total. The highest BCUT2D eigenvalue weighted by Crippen LogP contribution is 2.00. The zero-order valence-electron chi connectivity index (χ0n) is 8.64. The number of urea groups is 1. The van der Waals surface area contributed by atoms with Crippen LogP contribution in [-0.2, 0) is 9.13 Å². The minimum Gasteiger partial charge on any atom is -0.336 e. The van der Waals surface area contributed by atoms with Gasteiger partial charge in [-0.25, -0.2) is 4.79 Å². The molecule has 0 aromatic carbocycles. The number of nitrogens with one attached hydrogen (secondary N) is 1. The Hall–Kier alpha value is -0.690. The van der Waals surface area contributed by atoms with Crippen LogP contribution in [0, 0.1) is 0 Å². The van der Waals surface area contributed by atoms with Crippen LogP contribution < -0.4 is 5.32 Å². The summed E-state index contributed by atoms with van der Waals surface area (Å²) < 4.78 is 17.4. The Kier molecular flexibility index (Phi) is 10.5. The second-order valence-electron chi connectivity index (χ2n) is 2.65. The van der Waals surface area contributed by atoms with Crippen molar-refractivity contribution in [2.45, 2.75) is 13.0 Å². The molecule has 0 saturated carbocycles. The highest BCUT2D eigenvalue weighted by Gasteiger charge is 2.21. The lowest BCUT2D eigenvalue weighted by Crippen LogP contribution is -2.27. The van der Waals surface area contributed by atoms with Gasteiger partial charge in [0.05, 0.1) is 0 Å². The first-order valence-electron chi connectivity index (χ1n) is 3.89. The van der Waals surface area contributed by atoms with Crippen molar-refractivity contribution in [1.82, 2.24) is 10.2 Å². The van der Waals surface area contributed by atoms with E-state index in [9.17, 15) is 4.79 Å². The van der Waals surface area contributed by atoms with Gasteiger partial charge in [-0.1, -0.05) is 0 Å². The summed E-state index contributed by atoms with van der Waals surface area (Å²) in [5.74, 6) is 0. The van der Waals surface area contributed by atoms with E-state index in [1.54, 1.807) is 11.9 Å². The van der Waals surface area contributed by atoms with E-state index < -0.39 is 16.5 Å². The molecule has 0 aromatic rings. The van der Waals surface area contributed by atoms with Crippen molar-refractivity contribution >= 4 is 22.5 Å². The molecule has 0 aromatic heterocycles. The lowest BCUT2D eigenvalue weighted by Gasteiger charge is -2.10. The van der Waals surface area contributed by atoms with Crippen molar-refractivity contribution in [3.05, 3.63) is 0 Å². The van der Waals surface area contributed by atoms with E-state index in [-0.39, 0.29) is 6.03 Å². The first-order valence-corrected chi connectivity index (χ1v) is 6.22. The summed E-state index contributed by atoms with van der Waals surface area (Å²) in [6, 6.07) is 0.403. The predicted octanol–water partition coefficient (Wildman–Crippen LogP) is -0.713. The number of likely N-dealkylation sites (N-methyl/N-ethyl adjacent to an activating group) is 1. The highest BCUT2D eigenvalue weighted by molar-refractivity contribution is 7.31. The van der Waals surface area contributed by atoms with E-state index >= 15 is 0 Å². The molecule has 0 spiro atoms. The van der Waals surface area contributed by atoms with Gasteiger partial charge in [-0.05, 0) is 6.92 Å². The molecule has 1 saturated heterocycles. The van der Waals surface area contributed by atoms with Crippen LogP contribution in [0.1, 0.15) is 6.92 Å². The van der Waals surface area contributed by atoms with Gasteiger partial charge in [-0.2, -0.15) is 0 Å². The molecular formula is C5H14N2O7P2+2. The molecule has 1 rings (SSSR count). The van der Waals surface area contributed by atoms with Gasteiger partial charge < -0.3 is 10.2 Å². The maximum Gasteiger partial charge on any atom is 0.692 e. The van der Waals surface area contributed by atoms with E-state index in [4.69, 9.17) is 28.7 Å². The van der Waals surface area contributed by atoms with Crippen molar-refractivity contribution in [2.24, 2.45) is 0 Å². The molecule has 1 heterocycles. The third-order valence-electron chi connectivity index (χ3n) is 1.53. The maximum absolute atomic E-state index is 10.6. The average molecular weight is 276 g/mol. The highest BCUT2D eigenvalue weighted by atomic mass is 31.1. The molecule has 2 amide bonds. The quantitative estimate of drug-likeness (QED) is 0.367. The summed E-state index contributed by atoms with van der Waals surface area (Å²) in [6.45, 7) is 2.80. The van der Waals surface area contributed by atoms with Crippen LogP contribution in [0.5, 0.6) is 0 Å². The zero-order chi connectivity index (χ0) is 13.3. The fourth-order valence-corrected chi connectivity index (χ4v) is 0.697. The van der Waals surface area contributed by atoms with Crippen molar-refractivity contribution in [3.8, 4) is 0 Å². The normalized spacial score (nSPS) is 17.5. The van der Waals surface area contributed by atoms with Gasteiger partial charge in [-0.15, -0.1) is 19.6 Å². The molecule has 1 unspecified atom stereocenters. The maximum atomic E-state index is 10.6. The average Bonchev–Trinajstić information content (AvgIpc) is 2.34. The monoisotopic (exact) mass is 276 g/mol. The predicted molar refractivity (Wildman–Crippen MR) is 54.7 cm³/mol. The van der Waals surface area contributed by atoms with Crippen molar-refractivity contribution < 1.29 is 33.5 Å². The fraction of sp³-hybridized carbons (Fsp3) is 0.800. The minimum atomic E-state index is -2.87. The molecule has 0 radical (unpaired) electrons. The third-order valence-corrected chi connectivity index (χ3v) is 1.53. The Bertz CT molecular complexity index is 241. The van der Waals surface area contributed by atoms with E-state index in [1.807, 2.05) is 6.92 Å². The van der Waals surface area contributed by atoms with Crippen molar-refractivity contribution in [2.75, 3.05) is 13.6 Å². The van der Waals surface area contributed by atoms with Crippen molar-refractivity contribution in [1.29, 1.82) is 0 Å². The molecule has 11 heteroatoms. The SMILES string of the molecule is CC1CNC(=O)N1C.O=[P+](O)O.O=[P+](O)O. The molecular weight excluding hydrogens is 262 g/mol. The Morgan fingerprint density at radius 2 is 1.56 bits per heavy atom. The van der Waals surface area contributed by atoms with Crippen LogP contribution >= 0.6 is 16.5 Å². The molecule has 0 aliphatic carbocycles. The number of carbonyl (C=O) groups excluding carboxylic acids is 1.